The van der Waals surface area contributed by atoms with Crippen molar-refractivity contribution in [2.75, 3.05) is 13.1 Å². The minimum absolute atomic E-state index is 0.0198. The molecule has 1 saturated heterocycles. The molecule has 1 amide bonds. The number of thiophene rings is 2. The van der Waals surface area contributed by atoms with Gasteiger partial charge in [0.05, 0.1) is 16.3 Å². The van der Waals surface area contributed by atoms with Crippen LogP contribution in [0.1, 0.15) is 43.3 Å². The summed E-state index contributed by atoms with van der Waals surface area (Å²) in [5, 5.41) is 6.50. The van der Waals surface area contributed by atoms with E-state index in [0.29, 0.717) is 35.6 Å². The lowest BCUT2D eigenvalue weighted by Gasteiger charge is -2.15. The van der Waals surface area contributed by atoms with Gasteiger partial charge in [-0.1, -0.05) is 0 Å². The molecule has 9 heteroatoms. The van der Waals surface area contributed by atoms with E-state index >= 15 is 0 Å². The van der Waals surface area contributed by atoms with E-state index in [4.69, 9.17) is 0 Å². The van der Waals surface area contributed by atoms with Gasteiger partial charge in [-0.3, -0.25) is 9.59 Å². The van der Waals surface area contributed by atoms with E-state index in [1.807, 2.05) is 16.8 Å². The molecule has 1 aliphatic rings. The van der Waals surface area contributed by atoms with Crippen LogP contribution in [-0.2, 0) is 16.6 Å². The minimum atomic E-state index is -3.49. The van der Waals surface area contributed by atoms with Gasteiger partial charge in [0, 0.05) is 34.5 Å². The van der Waals surface area contributed by atoms with Gasteiger partial charge < -0.3 is 5.32 Å². The van der Waals surface area contributed by atoms with E-state index in [0.717, 1.165) is 17.7 Å². The Balaban J connectivity index is 1.37. The van der Waals surface area contributed by atoms with Gasteiger partial charge in [0.1, 0.15) is 0 Å². The van der Waals surface area contributed by atoms with Crippen LogP contribution in [0.25, 0.3) is 0 Å². The summed E-state index contributed by atoms with van der Waals surface area (Å²) in [7, 11) is -3.49. The van der Waals surface area contributed by atoms with Crippen molar-refractivity contribution in [2.45, 2.75) is 24.3 Å². The van der Waals surface area contributed by atoms with Crippen molar-refractivity contribution in [3.8, 4) is 0 Å². The zero-order valence-electron chi connectivity index (χ0n) is 16.0. The molecule has 0 radical (unpaired) electrons. The standard InChI is InChI=1S/C21H20N2O4S3/c24-20(16-9-12-28-14-16)19-8-5-17(29-19)13-22-21(25)15-3-6-18(7-4-15)30(26,27)23-10-1-2-11-23/h3-9,12,14H,1-2,10-11,13H2,(H,22,25). The summed E-state index contributed by atoms with van der Waals surface area (Å²) >= 11 is 2.83. The highest BCUT2D eigenvalue weighted by atomic mass is 32.2. The summed E-state index contributed by atoms with van der Waals surface area (Å²) in [5.41, 5.74) is 1.06. The van der Waals surface area contributed by atoms with E-state index in [9.17, 15) is 18.0 Å². The van der Waals surface area contributed by atoms with Crippen molar-refractivity contribution >= 4 is 44.4 Å². The molecule has 0 unspecified atom stereocenters. The molecule has 0 atom stereocenters. The number of hydrogen-bond acceptors (Lipinski definition) is 6. The van der Waals surface area contributed by atoms with Gasteiger partial charge in [0.15, 0.2) is 0 Å². The zero-order valence-corrected chi connectivity index (χ0v) is 18.5. The third kappa shape index (κ3) is 4.39. The maximum atomic E-state index is 12.6. The van der Waals surface area contributed by atoms with E-state index in [1.54, 1.807) is 12.1 Å². The minimum Gasteiger partial charge on any atom is -0.347 e. The number of rotatable bonds is 7. The van der Waals surface area contributed by atoms with Crippen LogP contribution >= 0.6 is 22.7 Å². The Kier molecular flexibility index (Phi) is 6.14. The molecule has 156 valence electrons. The van der Waals surface area contributed by atoms with Gasteiger partial charge in [0.25, 0.3) is 5.91 Å². The molecule has 6 nitrogen and oxygen atoms in total. The maximum absolute atomic E-state index is 12.6. The van der Waals surface area contributed by atoms with E-state index in [-0.39, 0.29) is 16.6 Å². The Morgan fingerprint density at radius 2 is 1.70 bits per heavy atom. The van der Waals surface area contributed by atoms with Gasteiger partial charge in [-0.05, 0) is 60.7 Å². The second-order valence-corrected chi connectivity index (χ2v) is 10.8. The Morgan fingerprint density at radius 3 is 2.37 bits per heavy atom. The Labute approximate surface area is 183 Å². The molecule has 1 aliphatic heterocycles. The number of sulfonamides is 1. The molecule has 30 heavy (non-hydrogen) atoms. The maximum Gasteiger partial charge on any atom is 0.251 e. The number of carbonyl (C=O) groups excluding carboxylic acids is 2. The number of amides is 1. The number of nitrogens with zero attached hydrogens (tertiary/aromatic N) is 1. The second kappa shape index (κ2) is 8.81. The molecule has 1 aromatic carbocycles. The van der Waals surface area contributed by atoms with Crippen LogP contribution in [0.5, 0.6) is 0 Å². The molecule has 3 heterocycles. The number of nitrogens with one attached hydrogen (secondary N) is 1. The van der Waals surface area contributed by atoms with Crippen LogP contribution in [0, 0.1) is 0 Å². The van der Waals surface area contributed by atoms with Crippen molar-refractivity contribution < 1.29 is 18.0 Å². The average molecular weight is 461 g/mol. The fourth-order valence-corrected chi connectivity index (χ4v) is 6.32. The highest BCUT2D eigenvalue weighted by Gasteiger charge is 2.27. The molecule has 4 rings (SSSR count). The first-order valence-electron chi connectivity index (χ1n) is 9.49. The lowest BCUT2D eigenvalue weighted by Crippen LogP contribution is -2.28. The average Bonchev–Trinajstić information content (AvgIpc) is 3.53. The lowest BCUT2D eigenvalue weighted by molar-refractivity contribution is 0.0950. The van der Waals surface area contributed by atoms with Crippen LogP contribution in [0.4, 0.5) is 0 Å². The normalized spacial score (nSPS) is 14.7. The number of carbonyl (C=O) groups is 2. The van der Waals surface area contributed by atoms with E-state index < -0.39 is 10.0 Å². The summed E-state index contributed by atoms with van der Waals surface area (Å²) in [6, 6.07) is 11.4. The molecule has 0 bridgehead atoms. The first kappa shape index (κ1) is 20.9. The smallest absolute Gasteiger partial charge is 0.251 e. The third-order valence-corrected chi connectivity index (χ3v) is 8.59. The molecule has 0 spiro atoms. The molecule has 1 N–H and O–H groups in total. The molecular formula is C21H20N2O4S3. The van der Waals surface area contributed by atoms with Crippen LogP contribution in [0.2, 0.25) is 0 Å². The summed E-state index contributed by atoms with van der Waals surface area (Å²) in [4.78, 5) is 26.5. The van der Waals surface area contributed by atoms with Crippen molar-refractivity contribution in [1.82, 2.24) is 9.62 Å². The van der Waals surface area contributed by atoms with Crippen molar-refractivity contribution in [1.29, 1.82) is 0 Å². The van der Waals surface area contributed by atoms with Gasteiger partial charge in [-0.15, -0.1) is 11.3 Å². The van der Waals surface area contributed by atoms with Crippen LogP contribution in [-0.4, -0.2) is 37.5 Å². The van der Waals surface area contributed by atoms with E-state index in [2.05, 4.69) is 5.32 Å². The first-order chi connectivity index (χ1) is 14.4. The predicted molar refractivity (Wildman–Crippen MR) is 118 cm³/mol. The molecule has 3 aromatic rings. The topological polar surface area (TPSA) is 83.5 Å². The molecular weight excluding hydrogens is 440 g/mol. The Bertz CT molecular complexity index is 1140. The Morgan fingerprint density at radius 1 is 0.967 bits per heavy atom. The van der Waals surface area contributed by atoms with Gasteiger partial charge in [-0.25, -0.2) is 8.42 Å². The fourth-order valence-electron chi connectivity index (χ4n) is 3.26. The third-order valence-electron chi connectivity index (χ3n) is 4.91. The zero-order chi connectivity index (χ0) is 21.1. The predicted octanol–water partition coefficient (Wildman–Crippen LogP) is 3.76. The number of ketones is 1. The van der Waals surface area contributed by atoms with Gasteiger partial charge in [0.2, 0.25) is 15.8 Å². The lowest BCUT2D eigenvalue weighted by atomic mass is 10.2. The summed E-state index contributed by atoms with van der Waals surface area (Å²) < 4.78 is 26.6. The van der Waals surface area contributed by atoms with Crippen molar-refractivity contribution in [3.05, 3.63) is 74.1 Å². The summed E-state index contributed by atoms with van der Waals surface area (Å²) in [5.74, 6) is -0.312. The summed E-state index contributed by atoms with van der Waals surface area (Å²) in [6.07, 6.45) is 1.76. The molecule has 0 aliphatic carbocycles. The second-order valence-electron chi connectivity index (χ2n) is 6.93. The largest absolute Gasteiger partial charge is 0.347 e. The van der Waals surface area contributed by atoms with Crippen LogP contribution in [0.15, 0.2) is 58.1 Å². The van der Waals surface area contributed by atoms with Crippen molar-refractivity contribution in [2.24, 2.45) is 0 Å². The van der Waals surface area contributed by atoms with E-state index in [1.165, 1.54) is 51.2 Å². The highest BCUT2D eigenvalue weighted by molar-refractivity contribution is 7.89. The number of hydrogen-bond donors (Lipinski definition) is 1. The molecule has 0 saturated carbocycles. The number of benzene rings is 1. The fraction of sp³-hybridized carbons (Fsp3) is 0.238. The molecule has 2 aromatic heterocycles. The molecule has 1 fully saturated rings. The van der Waals surface area contributed by atoms with Gasteiger partial charge in [-0.2, -0.15) is 15.6 Å². The highest BCUT2D eigenvalue weighted by Crippen LogP contribution is 2.22. The van der Waals surface area contributed by atoms with Gasteiger partial charge >= 0.3 is 0 Å². The van der Waals surface area contributed by atoms with Crippen LogP contribution < -0.4 is 5.32 Å². The monoisotopic (exact) mass is 460 g/mol. The summed E-state index contributed by atoms with van der Waals surface area (Å²) in [6.45, 7) is 1.39. The first-order valence-corrected chi connectivity index (χ1v) is 12.7. The Hall–Kier alpha value is -2.33. The van der Waals surface area contributed by atoms with Crippen molar-refractivity contribution in [3.63, 3.8) is 0 Å². The quantitative estimate of drug-likeness (QED) is 0.544. The van der Waals surface area contributed by atoms with Crippen LogP contribution in [0.3, 0.4) is 0 Å². The SMILES string of the molecule is O=C(NCc1ccc(C(=O)c2ccsc2)s1)c1ccc(S(=O)(=O)N2CCCC2)cc1.